The normalized spacial score (nSPS) is 42.4. The van der Waals surface area contributed by atoms with Gasteiger partial charge in [-0.05, 0) is 27.7 Å². The summed E-state index contributed by atoms with van der Waals surface area (Å²) < 4.78 is 275. The smallest absolute Gasteiger partial charge is 0.390 e. The lowest BCUT2D eigenvalue weighted by atomic mass is 9.95. The highest BCUT2D eigenvalue weighted by atomic mass is 32.3. The van der Waals surface area contributed by atoms with Crippen molar-refractivity contribution in [2.45, 2.75) is 274 Å². The van der Waals surface area contributed by atoms with Crippen LogP contribution >= 0.6 is 48.9 Å². The van der Waals surface area contributed by atoms with Crippen LogP contribution in [0.5, 0.6) is 0 Å². The molecule has 8 aliphatic heterocycles. The molecule has 0 saturated carbocycles. The van der Waals surface area contributed by atoms with E-state index in [0.29, 0.717) is 0 Å². The summed E-state index contributed by atoms with van der Waals surface area (Å²) in [6.07, 6.45) is -56.4. The second-order valence-corrected chi connectivity index (χ2v) is 32.2. The molecule has 0 aromatic rings. The van der Waals surface area contributed by atoms with Crippen LogP contribution in [0.4, 0.5) is 0 Å². The first-order valence-electron chi connectivity index (χ1n) is 33.2. The van der Waals surface area contributed by atoms with E-state index in [1.165, 1.54) is 27.7 Å². The van der Waals surface area contributed by atoms with Gasteiger partial charge in [-0.2, -0.15) is 33.7 Å². The monoisotopic (exact) mass is 1840 g/mol. The molecule has 670 valence electrons. The molecule has 12 unspecified atom stereocenters. The summed E-state index contributed by atoms with van der Waals surface area (Å²) in [7, 11) is -20.0. The van der Waals surface area contributed by atoms with Crippen LogP contribution in [0, 0.1) is 0 Å². The van der Waals surface area contributed by atoms with E-state index in [4.69, 9.17) is 96.8 Å². The van der Waals surface area contributed by atoms with Crippen LogP contribution in [-0.2, 0) is 172 Å². The summed E-state index contributed by atoms with van der Waals surface area (Å²) in [5.41, 5.74) is 0. The van der Waals surface area contributed by atoms with Crippen LogP contribution in [0.25, 0.3) is 0 Å². The van der Waals surface area contributed by atoms with Crippen LogP contribution in [0.3, 0.4) is 0 Å². The minimum absolute atomic E-state index is 0.0568. The zero-order valence-electron chi connectivity index (χ0n) is 59.0. The molecular weight excluding hydrogens is 1750 g/mol. The van der Waals surface area contributed by atoms with Gasteiger partial charge in [-0.25, -0.2) is 56.6 Å². The third-order valence-electron chi connectivity index (χ3n) is 18.2. The summed E-state index contributed by atoms with van der Waals surface area (Å²) in [5.74, 6) is 0. The Kier molecular flexibility index (Phi) is 39.1. The quantitative estimate of drug-likeness (QED) is 0.00673. The van der Waals surface area contributed by atoms with Crippen molar-refractivity contribution in [1.29, 1.82) is 0 Å². The summed E-state index contributed by atoms with van der Waals surface area (Å²) in [4.78, 5) is 0. The Morgan fingerprint density at radius 1 is 0.316 bits per heavy atom. The van der Waals surface area contributed by atoms with Crippen LogP contribution in [0.2, 0.25) is 0 Å². The first-order chi connectivity index (χ1) is 53.6. The summed E-state index contributed by atoms with van der Waals surface area (Å²) in [6, 6.07) is -6.49. The zero-order chi connectivity index (χ0) is 83.9. The van der Waals surface area contributed by atoms with Crippen molar-refractivity contribution in [2.75, 3.05) is 33.5 Å². The molecule has 36 atom stereocenters. The van der Waals surface area contributed by atoms with Gasteiger partial charge < -0.3 is 122 Å². The highest BCUT2D eigenvalue weighted by molar-refractivity contribution is 7.93. The second-order valence-electron chi connectivity index (χ2n) is 25.7. The molecule has 0 aliphatic carbocycles. The fourth-order valence-electron chi connectivity index (χ4n) is 13.1. The van der Waals surface area contributed by atoms with Gasteiger partial charge in [0.2, 0.25) is 0 Å². The van der Waals surface area contributed by atoms with Crippen molar-refractivity contribution in [2.24, 2.45) is 0 Å². The van der Waals surface area contributed by atoms with Crippen LogP contribution in [-0.4, -0.2) is 373 Å². The summed E-state index contributed by atoms with van der Waals surface area (Å²) in [6.45, 7) is 0.680. The average molecular weight is 1840 g/mol. The lowest BCUT2D eigenvalue weighted by molar-refractivity contribution is -0.432. The van der Waals surface area contributed by atoms with Gasteiger partial charge in [-0.15, -0.1) is 17.3 Å². The first kappa shape index (κ1) is 98.7. The maximum Gasteiger partial charge on any atom is 0.397 e. The number of ether oxygens (including phenoxy) is 16. The molecule has 8 rings (SSSR count). The predicted molar refractivity (Wildman–Crippen MR) is 353 cm³/mol. The Morgan fingerprint density at radius 2 is 0.544 bits per heavy atom. The molecule has 0 amide bonds. The lowest BCUT2D eigenvalue weighted by Crippen LogP contribution is -2.67. The van der Waals surface area contributed by atoms with Crippen LogP contribution in [0.1, 0.15) is 53.4 Å². The minimum Gasteiger partial charge on any atom is -0.390 e. The van der Waals surface area contributed by atoms with Gasteiger partial charge in [-0.1, -0.05) is 20.2 Å². The molecule has 0 aromatic heterocycles. The zero-order valence-corrected chi connectivity index (χ0v) is 65.5. The van der Waals surface area contributed by atoms with Gasteiger partial charge >= 0.3 is 41.6 Å². The van der Waals surface area contributed by atoms with Crippen LogP contribution < -0.4 is 18.9 Å². The third kappa shape index (κ3) is 28.6. The number of aliphatic hydroxyl groups is 9. The van der Waals surface area contributed by atoms with E-state index in [1.807, 2.05) is 0 Å². The fourth-order valence-corrected chi connectivity index (χ4v) is 16.1. The number of methoxy groups -OCH3 is 1. The molecule has 114 heavy (non-hydrogen) atoms. The summed E-state index contributed by atoms with van der Waals surface area (Å²) in [5, 5.41) is 154. The van der Waals surface area contributed by atoms with Crippen molar-refractivity contribution in [1.82, 2.24) is 18.9 Å². The van der Waals surface area contributed by atoms with E-state index >= 15 is 0 Å². The van der Waals surface area contributed by atoms with Crippen molar-refractivity contribution in [3.63, 3.8) is 0 Å². The molecule has 57 nitrogen and oxygen atoms in total. The largest absolute Gasteiger partial charge is 0.397 e. The molecule has 0 radical (unpaired) electrons. The van der Waals surface area contributed by atoms with Crippen LogP contribution in [0.15, 0.2) is 0 Å². The van der Waals surface area contributed by atoms with E-state index in [0.717, 1.165) is 7.11 Å². The summed E-state index contributed by atoms with van der Waals surface area (Å²) >= 11 is 0.476. The maximum absolute atomic E-state index is 12.2. The molecule has 8 aliphatic rings. The Morgan fingerprint density at radius 3 is 0.763 bits per heavy atom. The lowest BCUT2D eigenvalue weighted by Gasteiger charge is -2.49. The fraction of sp³-hybridized carbons (Fsp3) is 1.00. The SMILES string of the molecule is CO[C@H]1OC(COS(=O)(=O)O)[C@@H](O[C@H]2C[C@H](O)[C@@H](O[C@@H]3OC(COS(=O)(=O)O)[C@@H](O[C@H]4C[C@H](O)[C@@H](O[C@@H]5OC(COS(=O)(=O)O)[C@@H](O[C@H]6C[C@H](O)[C@@H](O[C@@H]7OC(COS(=O)(=O)O)[C@@H](O[C@H]8C[C@H](O)[C@H](O)C(C)O8)[C@H](O)C7NSOOO)C(C)O6)[C@H](O)C5NSOOO)C(C)O4)[C@H](O)C3NSOOO)C(C)O2)[C@H](O)C1NSOOO. The van der Waals surface area contributed by atoms with Gasteiger partial charge in [0.15, 0.2) is 50.3 Å². The highest BCUT2D eigenvalue weighted by Crippen LogP contribution is 2.40. The molecule has 8 heterocycles. The first-order valence-corrected chi connectivity index (χ1v) is 41.6. The molecule has 0 aromatic carbocycles. The molecule has 8 saturated heterocycles. The van der Waals surface area contributed by atoms with Gasteiger partial charge in [0.05, 0.1) is 99.4 Å². The van der Waals surface area contributed by atoms with Crippen molar-refractivity contribution >= 4 is 90.5 Å². The van der Waals surface area contributed by atoms with Crippen molar-refractivity contribution < 1.29 is 249 Å². The van der Waals surface area contributed by atoms with Gasteiger partial charge in [0.25, 0.3) is 0 Å². The van der Waals surface area contributed by atoms with Gasteiger partial charge in [0, 0.05) is 32.8 Å². The number of rotatable bonds is 43. The van der Waals surface area contributed by atoms with E-state index in [2.05, 4.69) is 73.1 Å². The number of nitrogens with one attached hydrogen (secondary N) is 4. The maximum atomic E-state index is 12.2. The van der Waals surface area contributed by atoms with E-state index in [9.17, 15) is 97.8 Å². The second kappa shape index (κ2) is 45.2. The van der Waals surface area contributed by atoms with Crippen molar-refractivity contribution in [3.05, 3.63) is 0 Å². The number of hydrogen-bond donors (Lipinski definition) is 21. The molecular formula is C49H88N4O53S8. The molecule has 65 heteroatoms. The number of hydrogen-bond acceptors (Lipinski definition) is 57. The standard InChI is InChI=1S/C49H88N4O53S8/c1-14-34(58)18(54)6-26(84-14)92-43-23(11-81-112(70,71)72)89-47(31(36(43)60)51-108-104-100-64)96-40-16(3)86-28(8-20(40)56)94-45-25(13-83-114(76,77)78)91-49(33(38(45)62)53-110-106-102-66)98-41-17(4)87-29(9-21(41)57)95-44-24(12-82-113(73,74)75)90-48(32(37(44)61)52-109-105-101-65)97-39-15(2)85-27(7-19(39)55)93-42-22(10-80-111(67,68)69)88-46(79-5)30(35(42)59)50-107-103-99-63/h14-66H,6-13H2,1-5H3,(H,67,68,69)(H,70,71,72)(H,73,74,75)(H,76,77,78)/t14?,15?,16?,17?,18-,19-,20-,21-,22?,23?,24?,25?,26-,27-,28-,29-,30?,31?,32?,33?,34+,35+,36+,37+,38+,39-,40-,41-,42+,43+,44+,45+,46-,47-,48-,49-/m0/s1. The Bertz CT molecular complexity index is 3290. The van der Waals surface area contributed by atoms with E-state index < -0.39 is 315 Å². The Labute approximate surface area is 663 Å². The van der Waals surface area contributed by atoms with Gasteiger partial charge in [-0.3, -0.25) is 18.2 Å². The topological polar surface area (TPSA) is 787 Å². The highest BCUT2D eigenvalue weighted by Gasteiger charge is 2.58. The molecule has 8 fully saturated rings. The number of aliphatic hydroxyl groups excluding tert-OH is 9. The van der Waals surface area contributed by atoms with Crippen molar-refractivity contribution in [3.8, 4) is 0 Å². The van der Waals surface area contributed by atoms with Gasteiger partial charge in [0.1, 0.15) is 147 Å². The predicted octanol–water partition coefficient (Wildman–Crippen LogP) is -7.94. The minimum atomic E-state index is -5.38. The van der Waals surface area contributed by atoms with E-state index in [-0.39, 0.29) is 48.9 Å². The Balaban J connectivity index is 0.954. The average Bonchev–Trinajstić information content (AvgIpc) is 0.784. The third-order valence-corrected chi connectivity index (χ3v) is 21.9. The molecule has 0 spiro atoms. The Hall–Kier alpha value is -0.760. The molecule has 0 bridgehead atoms. The molecule has 21 N–H and O–H groups in total. The van der Waals surface area contributed by atoms with E-state index in [1.54, 1.807) is 0 Å².